The molecule has 6 nitrogen and oxygen atoms in total. The predicted octanol–water partition coefficient (Wildman–Crippen LogP) is 1.08. The zero-order valence-electron chi connectivity index (χ0n) is 11.4. The Bertz CT molecular complexity index is 707. The highest BCUT2D eigenvalue weighted by molar-refractivity contribution is 5.91. The van der Waals surface area contributed by atoms with Crippen LogP contribution in [0.5, 0.6) is 0 Å². The molecular weight excluding hydrogens is 256 g/mol. The van der Waals surface area contributed by atoms with Gasteiger partial charge in [0.05, 0.1) is 0 Å². The van der Waals surface area contributed by atoms with E-state index in [0.717, 1.165) is 11.1 Å². The van der Waals surface area contributed by atoms with Gasteiger partial charge in [-0.1, -0.05) is 6.07 Å². The minimum Gasteiger partial charge on any atom is -0.399 e. The molecule has 0 aliphatic rings. The summed E-state index contributed by atoms with van der Waals surface area (Å²) >= 11 is 0. The molecular formula is C14H16N4O2. The molecule has 0 fully saturated rings. The average Bonchev–Trinajstić information content (AvgIpc) is 2.38. The number of hydrogen-bond donors (Lipinski definition) is 2. The molecule has 0 saturated carbocycles. The Balaban J connectivity index is 2.15. The Morgan fingerprint density at radius 3 is 2.90 bits per heavy atom. The van der Waals surface area contributed by atoms with Crippen molar-refractivity contribution in [3.8, 4) is 0 Å². The quantitative estimate of drug-likeness (QED) is 0.818. The van der Waals surface area contributed by atoms with E-state index in [0.29, 0.717) is 11.4 Å². The van der Waals surface area contributed by atoms with Crippen LogP contribution >= 0.6 is 0 Å². The van der Waals surface area contributed by atoms with Gasteiger partial charge in [0.1, 0.15) is 6.54 Å². The predicted molar refractivity (Wildman–Crippen MR) is 77.5 cm³/mol. The maximum Gasteiger partial charge on any atom is 0.347 e. The van der Waals surface area contributed by atoms with Gasteiger partial charge in [0, 0.05) is 23.8 Å². The first-order valence-electron chi connectivity index (χ1n) is 6.15. The molecule has 0 aliphatic heterocycles. The van der Waals surface area contributed by atoms with Crippen LogP contribution in [0.2, 0.25) is 0 Å². The minimum atomic E-state index is -0.449. The van der Waals surface area contributed by atoms with Gasteiger partial charge < -0.3 is 11.1 Å². The summed E-state index contributed by atoms with van der Waals surface area (Å²) in [5.74, 6) is -0.298. The monoisotopic (exact) mass is 272 g/mol. The Hall–Kier alpha value is -2.63. The molecule has 0 radical (unpaired) electrons. The third-order valence-electron chi connectivity index (χ3n) is 2.83. The van der Waals surface area contributed by atoms with E-state index < -0.39 is 5.69 Å². The molecule has 6 heteroatoms. The number of benzene rings is 1. The van der Waals surface area contributed by atoms with Gasteiger partial charge in [0.25, 0.3) is 0 Å². The van der Waals surface area contributed by atoms with Crippen molar-refractivity contribution in [2.24, 2.45) is 0 Å². The van der Waals surface area contributed by atoms with Gasteiger partial charge >= 0.3 is 5.69 Å². The Morgan fingerprint density at radius 2 is 2.15 bits per heavy atom. The van der Waals surface area contributed by atoms with Crippen LogP contribution in [0.15, 0.2) is 35.4 Å². The van der Waals surface area contributed by atoms with E-state index in [1.54, 1.807) is 18.3 Å². The Kier molecular flexibility index (Phi) is 3.84. The zero-order valence-corrected chi connectivity index (χ0v) is 11.4. The van der Waals surface area contributed by atoms with E-state index in [1.165, 1.54) is 10.8 Å². The molecule has 1 heterocycles. The lowest BCUT2D eigenvalue weighted by Gasteiger charge is -2.10. The summed E-state index contributed by atoms with van der Waals surface area (Å²) in [6.45, 7) is 3.60. The van der Waals surface area contributed by atoms with Crippen molar-refractivity contribution in [3.05, 3.63) is 52.2 Å². The van der Waals surface area contributed by atoms with E-state index in [9.17, 15) is 9.59 Å². The SMILES string of the molecule is Cc1cnc(=O)n(CC(=O)Nc2cc(N)ccc2C)c1. The standard InChI is InChI=1S/C14H16N4O2/c1-9-6-16-14(20)18(7-9)8-13(19)17-12-5-11(15)4-3-10(12)2/h3-7H,8,15H2,1-2H3,(H,17,19). The summed E-state index contributed by atoms with van der Waals surface area (Å²) in [7, 11) is 0. The van der Waals surface area contributed by atoms with Crippen molar-refractivity contribution in [2.75, 3.05) is 11.1 Å². The number of nitrogens with two attached hydrogens (primary N) is 1. The van der Waals surface area contributed by atoms with Crippen LogP contribution in [-0.4, -0.2) is 15.5 Å². The molecule has 0 spiro atoms. The number of anilines is 2. The van der Waals surface area contributed by atoms with Gasteiger partial charge in [-0.05, 0) is 37.1 Å². The number of nitrogen functional groups attached to an aromatic ring is 1. The summed E-state index contributed by atoms with van der Waals surface area (Å²) in [5, 5.41) is 2.74. The largest absolute Gasteiger partial charge is 0.399 e. The number of carbonyl (C=O) groups excluding carboxylic acids is 1. The van der Waals surface area contributed by atoms with Crippen LogP contribution in [0.25, 0.3) is 0 Å². The molecule has 1 aromatic carbocycles. The number of aromatic nitrogens is 2. The molecule has 0 bridgehead atoms. The molecule has 104 valence electrons. The first-order valence-corrected chi connectivity index (χ1v) is 6.15. The van der Waals surface area contributed by atoms with Crippen LogP contribution < -0.4 is 16.7 Å². The topological polar surface area (TPSA) is 90.0 Å². The van der Waals surface area contributed by atoms with Gasteiger partial charge in [0.15, 0.2) is 0 Å². The van der Waals surface area contributed by atoms with Crippen LogP contribution in [0.3, 0.4) is 0 Å². The van der Waals surface area contributed by atoms with Crippen molar-refractivity contribution < 1.29 is 4.79 Å². The highest BCUT2D eigenvalue weighted by atomic mass is 16.2. The van der Waals surface area contributed by atoms with E-state index in [2.05, 4.69) is 10.3 Å². The molecule has 0 atom stereocenters. The van der Waals surface area contributed by atoms with Gasteiger partial charge in [-0.2, -0.15) is 0 Å². The van der Waals surface area contributed by atoms with Crippen molar-refractivity contribution in [3.63, 3.8) is 0 Å². The van der Waals surface area contributed by atoms with E-state index in [-0.39, 0.29) is 12.5 Å². The molecule has 2 aromatic rings. The highest BCUT2D eigenvalue weighted by Crippen LogP contribution is 2.17. The van der Waals surface area contributed by atoms with E-state index in [4.69, 9.17) is 5.73 Å². The summed E-state index contributed by atoms with van der Waals surface area (Å²) in [6.07, 6.45) is 3.07. The van der Waals surface area contributed by atoms with Crippen molar-refractivity contribution >= 4 is 17.3 Å². The molecule has 20 heavy (non-hydrogen) atoms. The molecule has 0 saturated heterocycles. The molecule has 2 rings (SSSR count). The van der Waals surface area contributed by atoms with E-state index in [1.807, 2.05) is 19.9 Å². The lowest BCUT2D eigenvalue weighted by molar-refractivity contribution is -0.116. The third-order valence-corrected chi connectivity index (χ3v) is 2.83. The highest BCUT2D eigenvalue weighted by Gasteiger charge is 2.07. The van der Waals surface area contributed by atoms with Crippen molar-refractivity contribution in [1.82, 2.24) is 9.55 Å². The fourth-order valence-corrected chi connectivity index (χ4v) is 1.80. The van der Waals surface area contributed by atoms with Crippen LogP contribution in [-0.2, 0) is 11.3 Å². The third kappa shape index (κ3) is 3.23. The number of nitrogens with one attached hydrogen (secondary N) is 1. The van der Waals surface area contributed by atoms with Gasteiger partial charge in [-0.3, -0.25) is 9.36 Å². The maximum absolute atomic E-state index is 12.0. The number of nitrogens with zero attached hydrogens (tertiary/aromatic N) is 2. The van der Waals surface area contributed by atoms with Gasteiger partial charge in [0.2, 0.25) is 5.91 Å². The lowest BCUT2D eigenvalue weighted by Crippen LogP contribution is -2.29. The molecule has 0 unspecified atom stereocenters. The lowest BCUT2D eigenvalue weighted by atomic mass is 10.2. The summed E-state index contributed by atoms with van der Waals surface area (Å²) < 4.78 is 1.27. The summed E-state index contributed by atoms with van der Waals surface area (Å²) in [5.41, 5.74) is 8.17. The zero-order chi connectivity index (χ0) is 14.7. The van der Waals surface area contributed by atoms with Crippen LogP contribution in [0.4, 0.5) is 11.4 Å². The van der Waals surface area contributed by atoms with Gasteiger partial charge in [-0.25, -0.2) is 9.78 Å². The fourth-order valence-electron chi connectivity index (χ4n) is 1.80. The van der Waals surface area contributed by atoms with Crippen molar-refractivity contribution in [1.29, 1.82) is 0 Å². The summed E-state index contributed by atoms with van der Waals surface area (Å²) in [6, 6.07) is 5.27. The number of hydrogen-bond acceptors (Lipinski definition) is 4. The molecule has 3 N–H and O–H groups in total. The number of rotatable bonds is 3. The second-order valence-corrected chi connectivity index (χ2v) is 4.66. The second kappa shape index (κ2) is 5.56. The Morgan fingerprint density at radius 1 is 1.40 bits per heavy atom. The molecule has 1 aromatic heterocycles. The molecule has 0 aliphatic carbocycles. The molecule has 1 amide bonds. The van der Waals surface area contributed by atoms with E-state index >= 15 is 0 Å². The Labute approximate surface area is 116 Å². The fraction of sp³-hybridized carbons (Fsp3) is 0.214. The summed E-state index contributed by atoms with van der Waals surface area (Å²) in [4.78, 5) is 27.2. The first kappa shape index (κ1) is 13.8. The van der Waals surface area contributed by atoms with Crippen LogP contribution in [0.1, 0.15) is 11.1 Å². The van der Waals surface area contributed by atoms with Gasteiger partial charge in [-0.15, -0.1) is 0 Å². The number of amides is 1. The number of carbonyl (C=O) groups is 1. The number of aryl methyl sites for hydroxylation is 2. The average molecular weight is 272 g/mol. The second-order valence-electron chi connectivity index (χ2n) is 4.66. The smallest absolute Gasteiger partial charge is 0.347 e. The van der Waals surface area contributed by atoms with Crippen LogP contribution in [0, 0.1) is 13.8 Å². The normalized spacial score (nSPS) is 10.3. The van der Waals surface area contributed by atoms with Crippen molar-refractivity contribution in [2.45, 2.75) is 20.4 Å². The first-order chi connectivity index (χ1) is 9.45. The minimum absolute atomic E-state index is 0.0816. The maximum atomic E-state index is 12.0.